The molecule has 49 heavy (non-hydrogen) atoms. The number of hydrogen-bond acceptors (Lipinski definition) is 11. The molecule has 4 N–H and O–H groups in total. The number of methoxy groups -OCH3 is 1. The molecule has 4 rings (SSSR count). The minimum atomic E-state index is -2.89. The average molecular weight is 687 g/mol. The number of ketones is 1. The number of alkyl halides is 1. The largest absolute Gasteiger partial charge is 0.457 e. The number of halogens is 1. The lowest BCUT2D eigenvalue weighted by atomic mass is 9.62. The first kappa shape index (κ1) is 38.9. The second-order valence-corrected chi connectivity index (χ2v) is 14.8. The Morgan fingerprint density at radius 2 is 1.88 bits per heavy atom. The number of aromatic nitrogens is 3. The third kappa shape index (κ3) is 8.19. The van der Waals surface area contributed by atoms with Gasteiger partial charge in [-0.3, -0.25) is 9.48 Å². The zero-order chi connectivity index (χ0) is 36.3. The minimum absolute atomic E-state index is 0.116. The highest BCUT2D eigenvalue weighted by Gasteiger charge is 2.59. The molecule has 0 radical (unpaired) electrons. The summed E-state index contributed by atoms with van der Waals surface area (Å²) in [6.07, 6.45) is 1.96. The number of aliphatic hydroxyl groups excluding tert-OH is 1. The number of ether oxygens (including phenoxy) is 3. The number of esters is 1. The number of nitrogen functional groups attached to an aromatic ring is 1. The number of aryl methyl sites for hydroxylation is 1. The van der Waals surface area contributed by atoms with Crippen LogP contribution in [0.3, 0.4) is 0 Å². The van der Waals surface area contributed by atoms with Crippen molar-refractivity contribution in [1.82, 2.24) is 25.2 Å². The first-order chi connectivity index (χ1) is 23.0. The Balaban J connectivity index is 1.56. The van der Waals surface area contributed by atoms with Gasteiger partial charge in [-0.15, -0.1) is 5.10 Å². The van der Waals surface area contributed by atoms with Gasteiger partial charge in [0.15, 0.2) is 5.78 Å². The van der Waals surface area contributed by atoms with Crippen LogP contribution in [-0.2, 0) is 30.3 Å². The standard InChI is InChI=1S/C35H56BFN6O6/c1-9-27-35(7)29(43(32(46)49-35)16-11-10-15-42-20-26(40-41-42)24-13-12-14-25(38)17-24)23(4)39-19-21(2)18-33(5,47-8)28(36)22(3)30(44)34(6,37)31(45)48-27/h12-14,17,20-23,27-29,32,39,46H,9-11,15-16,18-19,36,38H2,1-8H3/t21-,22+,23-,27-,28-,29-,32?,33-,34+,35-/m1/s1. The Kier molecular flexibility index (Phi) is 12.3. The van der Waals surface area contributed by atoms with Crippen LogP contribution in [-0.4, -0.2) is 106 Å². The number of benzene rings is 1. The van der Waals surface area contributed by atoms with Crippen molar-refractivity contribution in [2.24, 2.45) is 11.8 Å². The van der Waals surface area contributed by atoms with Crippen molar-refractivity contribution in [3.05, 3.63) is 30.5 Å². The topological polar surface area (TPSA) is 154 Å². The Morgan fingerprint density at radius 1 is 1.18 bits per heavy atom. The number of hydrogen-bond donors (Lipinski definition) is 3. The van der Waals surface area contributed by atoms with Gasteiger partial charge in [-0.05, 0) is 83.8 Å². The highest BCUT2D eigenvalue weighted by Crippen LogP contribution is 2.42. The van der Waals surface area contributed by atoms with Gasteiger partial charge in [-0.25, -0.2) is 14.1 Å². The van der Waals surface area contributed by atoms with E-state index in [0.717, 1.165) is 24.6 Å². The summed E-state index contributed by atoms with van der Waals surface area (Å²) in [6, 6.07) is 6.79. The second kappa shape index (κ2) is 15.5. The smallest absolute Gasteiger partial charge is 0.351 e. The van der Waals surface area contributed by atoms with Crippen molar-refractivity contribution in [2.45, 2.75) is 128 Å². The molecule has 2 saturated heterocycles. The van der Waals surface area contributed by atoms with Gasteiger partial charge in [0.05, 0.1) is 17.8 Å². The summed E-state index contributed by atoms with van der Waals surface area (Å²) in [4.78, 5) is 28.9. The van der Waals surface area contributed by atoms with E-state index in [2.05, 4.69) is 22.6 Å². The summed E-state index contributed by atoms with van der Waals surface area (Å²) >= 11 is 0. The molecule has 10 atom stereocenters. The summed E-state index contributed by atoms with van der Waals surface area (Å²) in [7, 11) is 3.46. The molecule has 1 aromatic carbocycles. The summed E-state index contributed by atoms with van der Waals surface area (Å²) in [6.45, 7) is 14.0. The fourth-order valence-electron chi connectivity index (χ4n) is 7.78. The average Bonchev–Trinajstić information content (AvgIpc) is 3.64. The Labute approximate surface area is 291 Å². The highest BCUT2D eigenvalue weighted by molar-refractivity contribution is 6.17. The van der Waals surface area contributed by atoms with Crippen LogP contribution in [0.25, 0.3) is 11.3 Å². The quantitative estimate of drug-likeness (QED) is 0.123. The lowest BCUT2D eigenvalue weighted by molar-refractivity contribution is -0.210. The molecule has 0 amide bonds. The maximum Gasteiger partial charge on any atom is 0.351 e. The van der Waals surface area contributed by atoms with Crippen LogP contribution in [0.15, 0.2) is 30.5 Å². The van der Waals surface area contributed by atoms with Gasteiger partial charge >= 0.3 is 5.97 Å². The normalized spacial score (nSPS) is 36.9. The summed E-state index contributed by atoms with van der Waals surface area (Å²) in [5.41, 5.74) is 3.34. The molecule has 0 spiro atoms. The molecule has 1 aromatic heterocycles. The monoisotopic (exact) mass is 686 g/mol. The maximum atomic E-state index is 16.2. The van der Waals surface area contributed by atoms with Crippen molar-refractivity contribution in [2.75, 3.05) is 25.9 Å². The van der Waals surface area contributed by atoms with E-state index in [0.29, 0.717) is 38.2 Å². The maximum absolute atomic E-state index is 16.2. The molecule has 2 fully saturated rings. The zero-order valence-electron chi connectivity index (χ0n) is 30.6. The third-order valence-electron chi connectivity index (χ3n) is 11.1. The van der Waals surface area contributed by atoms with Crippen LogP contribution < -0.4 is 11.1 Å². The molecule has 2 aliphatic heterocycles. The van der Waals surface area contributed by atoms with Gasteiger partial charge in [-0.1, -0.05) is 38.1 Å². The van der Waals surface area contributed by atoms with E-state index < -0.39 is 53.1 Å². The number of Topliss-reactive ketones (excluding diaryl/α,β-unsaturated/α-hetero) is 1. The lowest BCUT2D eigenvalue weighted by Crippen LogP contribution is -2.61. The number of carbonyl (C=O) groups is 2. The Bertz CT molecular complexity index is 1450. The van der Waals surface area contributed by atoms with Gasteiger partial charge in [0.2, 0.25) is 6.41 Å². The van der Waals surface area contributed by atoms with Crippen LogP contribution in [0.1, 0.15) is 74.1 Å². The molecule has 0 bridgehead atoms. The fourth-order valence-corrected chi connectivity index (χ4v) is 7.78. The number of rotatable bonds is 8. The lowest BCUT2D eigenvalue weighted by Gasteiger charge is -2.42. The van der Waals surface area contributed by atoms with E-state index in [1.807, 2.05) is 64.0 Å². The molecule has 2 aromatic rings. The van der Waals surface area contributed by atoms with Crippen molar-refractivity contribution >= 4 is 25.3 Å². The third-order valence-corrected chi connectivity index (χ3v) is 11.1. The predicted molar refractivity (Wildman–Crippen MR) is 188 cm³/mol. The van der Waals surface area contributed by atoms with Gasteiger partial charge < -0.3 is 30.4 Å². The summed E-state index contributed by atoms with van der Waals surface area (Å²) in [5.74, 6) is -3.19. The van der Waals surface area contributed by atoms with Crippen molar-refractivity contribution in [3.63, 3.8) is 0 Å². The molecule has 3 heterocycles. The minimum Gasteiger partial charge on any atom is -0.457 e. The molecule has 272 valence electrons. The summed E-state index contributed by atoms with van der Waals surface area (Å²) < 4.78 is 36.1. The number of unbranched alkanes of at least 4 members (excludes halogenated alkanes) is 1. The number of fused-ring (bicyclic) bond motifs is 1. The molecule has 14 heteroatoms. The molecule has 0 aliphatic carbocycles. The molecular formula is C35H56BFN6O6. The van der Waals surface area contributed by atoms with Gasteiger partial charge in [-0.2, -0.15) is 0 Å². The predicted octanol–water partition coefficient (Wildman–Crippen LogP) is 3.14. The van der Waals surface area contributed by atoms with Crippen LogP contribution >= 0.6 is 0 Å². The van der Waals surface area contributed by atoms with E-state index in [1.165, 1.54) is 0 Å². The highest BCUT2D eigenvalue weighted by atomic mass is 19.1. The van der Waals surface area contributed by atoms with Crippen molar-refractivity contribution < 1.29 is 33.3 Å². The number of nitrogens with two attached hydrogens (primary N) is 1. The number of aliphatic hydroxyl groups is 1. The van der Waals surface area contributed by atoms with Crippen LogP contribution in [0.2, 0.25) is 5.82 Å². The molecule has 2 aliphatic rings. The SMILES string of the molecule is B[C@@H]1[C@H](C)C(=O)[C@](C)(F)C(=O)O[C@H](CC)[C@@]2(C)OC(O)N(CCCCn3cc(-c4cccc(N)c4)nn3)[C@@H]2[C@@H](C)NC[C@H](C)C[C@@]1(C)OC. The second-order valence-electron chi connectivity index (χ2n) is 14.8. The van der Waals surface area contributed by atoms with E-state index in [-0.39, 0.29) is 24.2 Å². The molecule has 12 nitrogen and oxygen atoms in total. The summed E-state index contributed by atoms with van der Waals surface area (Å²) in [5, 5.41) is 23.5. The number of carbonyl (C=O) groups excluding carboxylic acids is 2. The first-order valence-electron chi connectivity index (χ1n) is 17.6. The van der Waals surface area contributed by atoms with Crippen molar-refractivity contribution in [3.8, 4) is 11.3 Å². The van der Waals surface area contributed by atoms with E-state index in [9.17, 15) is 14.7 Å². The van der Waals surface area contributed by atoms with Gasteiger partial charge in [0, 0.05) is 43.4 Å². The first-order valence-corrected chi connectivity index (χ1v) is 17.6. The van der Waals surface area contributed by atoms with E-state index in [1.54, 1.807) is 25.6 Å². The number of anilines is 1. The molecule has 1 unspecified atom stereocenters. The fraction of sp³-hybridized carbons (Fsp3) is 0.714. The van der Waals surface area contributed by atoms with Crippen molar-refractivity contribution in [1.29, 1.82) is 0 Å². The van der Waals surface area contributed by atoms with Crippen LogP contribution in [0.4, 0.5) is 10.1 Å². The number of cyclic esters (lactones) is 1. The molecular weight excluding hydrogens is 630 g/mol. The van der Waals surface area contributed by atoms with E-state index in [4.69, 9.17) is 19.9 Å². The van der Waals surface area contributed by atoms with Gasteiger partial charge in [0.25, 0.3) is 5.67 Å². The Hall–Kier alpha value is -2.91. The van der Waals surface area contributed by atoms with Crippen LogP contribution in [0.5, 0.6) is 0 Å². The van der Waals surface area contributed by atoms with Gasteiger partial charge in [0.1, 0.15) is 25.2 Å². The number of nitrogens with zero attached hydrogens (tertiary/aromatic N) is 4. The zero-order valence-corrected chi connectivity index (χ0v) is 30.6. The number of nitrogens with one attached hydrogen (secondary N) is 1. The molecule has 0 saturated carbocycles. The Morgan fingerprint density at radius 3 is 2.53 bits per heavy atom. The van der Waals surface area contributed by atoms with Crippen LogP contribution in [0, 0.1) is 11.8 Å². The van der Waals surface area contributed by atoms with E-state index >= 15 is 4.39 Å².